The Morgan fingerprint density at radius 3 is 2.38 bits per heavy atom. The van der Waals surface area contributed by atoms with Crippen LogP contribution in [0.1, 0.15) is 37.2 Å². The van der Waals surface area contributed by atoms with E-state index >= 15 is 0 Å². The first-order valence-electron chi connectivity index (χ1n) is 7.69. The number of likely N-dealkylation sites (tertiary alicyclic amines) is 1. The topological polar surface area (TPSA) is 41.4 Å². The van der Waals surface area contributed by atoms with Crippen LogP contribution < -0.4 is 0 Å². The molecule has 2 heterocycles. The van der Waals surface area contributed by atoms with Crippen LogP contribution >= 0.6 is 24.0 Å². The highest BCUT2D eigenvalue weighted by molar-refractivity contribution is 14.0. The summed E-state index contributed by atoms with van der Waals surface area (Å²) >= 11 is 0. The molecule has 138 valence electrons. The van der Waals surface area contributed by atoms with Crippen molar-refractivity contribution >= 4 is 29.9 Å². The highest BCUT2D eigenvalue weighted by Gasteiger charge is 2.35. The monoisotopic (exact) mass is 460 g/mol. The van der Waals surface area contributed by atoms with E-state index < -0.39 is 24.2 Å². The molecule has 2 rings (SSSR count). The molecule has 1 saturated heterocycles. The average molecular weight is 460 g/mol. The molecular weight excluding hydrogens is 436 g/mol. The Kier molecular flexibility index (Phi) is 7.09. The van der Waals surface area contributed by atoms with Gasteiger partial charge in [-0.2, -0.15) is 18.3 Å². The molecule has 9 heteroatoms. The molecular formula is C15H24F3IN4O. The normalized spacial score (nSPS) is 16.1. The van der Waals surface area contributed by atoms with E-state index in [0.29, 0.717) is 11.2 Å². The maximum absolute atomic E-state index is 12.6. The van der Waals surface area contributed by atoms with Crippen molar-refractivity contribution in [2.45, 2.75) is 44.9 Å². The Morgan fingerprint density at radius 2 is 1.83 bits per heavy atom. The second-order valence-electron chi connectivity index (χ2n) is 6.65. The number of alkyl halides is 3. The van der Waals surface area contributed by atoms with Crippen LogP contribution in [-0.2, 0) is 6.54 Å². The van der Waals surface area contributed by atoms with Gasteiger partial charge in [0.1, 0.15) is 12.2 Å². The van der Waals surface area contributed by atoms with Crippen molar-refractivity contribution in [2.75, 3.05) is 26.7 Å². The van der Waals surface area contributed by atoms with Crippen molar-refractivity contribution in [3.8, 4) is 0 Å². The van der Waals surface area contributed by atoms with Gasteiger partial charge in [0, 0.05) is 25.3 Å². The third-order valence-corrected chi connectivity index (χ3v) is 4.29. The maximum Gasteiger partial charge on any atom is 0.408 e. The Balaban J connectivity index is 0.00000288. The van der Waals surface area contributed by atoms with Crippen LogP contribution in [0.15, 0.2) is 12.3 Å². The first-order valence-corrected chi connectivity index (χ1v) is 7.69. The van der Waals surface area contributed by atoms with Crippen molar-refractivity contribution < 1.29 is 18.0 Å². The molecule has 0 bridgehead atoms. The van der Waals surface area contributed by atoms with Crippen LogP contribution in [0, 0.1) is 0 Å². The van der Waals surface area contributed by atoms with Gasteiger partial charge in [0.05, 0.1) is 0 Å². The number of carbonyl (C=O) groups excluding carboxylic acids is 1. The summed E-state index contributed by atoms with van der Waals surface area (Å²) in [6.45, 7) is 5.28. The van der Waals surface area contributed by atoms with Gasteiger partial charge in [-0.25, -0.2) is 0 Å². The average Bonchev–Trinajstić information content (AvgIpc) is 3.06. The van der Waals surface area contributed by atoms with E-state index in [1.807, 2.05) is 13.8 Å². The van der Waals surface area contributed by atoms with Gasteiger partial charge in [0.25, 0.3) is 5.91 Å². The van der Waals surface area contributed by atoms with E-state index in [0.717, 1.165) is 25.9 Å². The number of amides is 1. The molecule has 0 N–H and O–H groups in total. The number of rotatable bonds is 5. The van der Waals surface area contributed by atoms with Crippen LogP contribution in [0.3, 0.4) is 0 Å². The quantitative estimate of drug-likeness (QED) is 0.635. The lowest BCUT2D eigenvalue weighted by atomic mass is 10.0. The van der Waals surface area contributed by atoms with Crippen molar-refractivity contribution in [1.29, 1.82) is 0 Å². The number of nitrogens with zero attached hydrogens (tertiary/aromatic N) is 4. The number of hydrogen-bond donors (Lipinski definition) is 0. The zero-order chi connectivity index (χ0) is 17.3. The molecule has 0 atom stereocenters. The van der Waals surface area contributed by atoms with Crippen LogP contribution in [0.25, 0.3) is 0 Å². The number of aromatic nitrogens is 2. The van der Waals surface area contributed by atoms with Crippen LogP contribution in [0.2, 0.25) is 0 Å². The Hall–Kier alpha value is -0.840. The number of likely N-dealkylation sites (N-methyl/N-ethyl adjacent to an activating group) is 1. The minimum Gasteiger partial charge on any atom is -0.334 e. The lowest BCUT2D eigenvalue weighted by molar-refractivity contribution is -0.142. The number of carbonyl (C=O) groups is 1. The van der Waals surface area contributed by atoms with Crippen LogP contribution in [0.5, 0.6) is 0 Å². The molecule has 0 radical (unpaired) electrons. The molecule has 24 heavy (non-hydrogen) atoms. The van der Waals surface area contributed by atoms with Gasteiger partial charge in [0.15, 0.2) is 0 Å². The van der Waals surface area contributed by atoms with E-state index in [2.05, 4.69) is 10.00 Å². The molecule has 0 saturated carbocycles. The Morgan fingerprint density at radius 1 is 1.25 bits per heavy atom. The summed E-state index contributed by atoms with van der Waals surface area (Å²) in [5.41, 5.74) is -0.520. The highest BCUT2D eigenvalue weighted by Crippen LogP contribution is 2.22. The lowest BCUT2D eigenvalue weighted by Gasteiger charge is -2.38. The third-order valence-electron chi connectivity index (χ3n) is 4.29. The van der Waals surface area contributed by atoms with E-state index in [9.17, 15) is 18.0 Å². The summed E-state index contributed by atoms with van der Waals surface area (Å²) in [6, 6.07) is 1.33. The molecule has 1 amide bonds. The fraction of sp³-hybridized carbons (Fsp3) is 0.733. The molecule has 0 unspecified atom stereocenters. The summed E-state index contributed by atoms with van der Waals surface area (Å²) in [7, 11) is 1.63. The predicted molar refractivity (Wildman–Crippen MR) is 95.5 cm³/mol. The second kappa shape index (κ2) is 8.03. The lowest BCUT2D eigenvalue weighted by Crippen LogP contribution is -2.52. The third kappa shape index (κ3) is 5.33. The largest absolute Gasteiger partial charge is 0.408 e. The smallest absolute Gasteiger partial charge is 0.334 e. The summed E-state index contributed by atoms with van der Waals surface area (Å²) in [5.74, 6) is -0.448. The zero-order valence-electron chi connectivity index (χ0n) is 14.1. The van der Waals surface area contributed by atoms with E-state index in [1.54, 1.807) is 7.05 Å². The maximum atomic E-state index is 12.6. The summed E-state index contributed by atoms with van der Waals surface area (Å²) in [5, 5.41) is 3.63. The van der Waals surface area contributed by atoms with Crippen molar-refractivity contribution in [2.24, 2.45) is 0 Å². The van der Waals surface area contributed by atoms with E-state index in [1.165, 1.54) is 17.2 Å². The summed E-state index contributed by atoms with van der Waals surface area (Å²) < 4.78 is 38.4. The Labute approximate surface area is 157 Å². The fourth-order valence-corrected chi connectivity index (χ4v) is 2.85. The SMILES string of the molecule is CN(C(=O)c1ccnn1CC(F)(F)F)C(C)(C)CN1CCCC1.I. The Bertz CT molecular complexity index is 553. The van der Waals surface area contributed by atoms with Crippen LogP contribution in [-0.4, -0.2) is 63.9 Å². The molecule has 1 aromatic rings. The van der Waals surface area contributed by atoms with E-state index in [-0.39, 0.29) is 29.7 Å². The molecule has 1 aliphatic heterocycles. The zero-order valence-corrected chi connectivity index (χ0v) is 16.5. The van der Waals surface area contributed by atoms with Gasteiger partial charge in [-0.3, -0.25) is 9.48 Å². The van der Waals surface area contributed by atoms with Gasteiger partial charge in [-0.15, -0.1) is 24.0 Å². The molecule has 1 aromatic heterocycles. The molecule has 1 fully saturated rings. The number of halogens is 4. The van der Waals surface area contributed by atoms with Crippen molar-refractivity contribution in [3.05, 3.63) is 18.0 Å². The first kappa shape index (κ1) is 21.2. The standard InChI is InChI=1S/C15H23F3N4O.HI/c1-14(2,10-21-8-4-5-9-21)20(3)13(23)12-6-7-19-22(12)11-15(16,17)18;/h6-7H,4-5,8-11H2,1-3H3;1H. The van der Waals surface area contributed by atoms with Gasteiger partial charge < -0.3 is 9.80 Å². The molecule has 0 aromatic carbocycles. The summed E-state index contributed by atoms with van der Waals surface area (Å²) in [6.07, 6.45) is -0.900. The minimum atomic E-state index is -4.41. The first-order chi connectivity index (χ1) is 10.6. The minimum absolute atomic E-state index is 0. The fourth-order valence-electron chi connectivity index (χ4n) is 2.85. The van der Waals surface area contributed by atoms with Crippen LogP contribution in [0.4, 0.5) is 13.2 Å². The second-order valence-corrected chi connectivity index (χ2v) is 6.65. The van der Waals surface area contributed by atoms with Crippen molar-refractivity contribution in [3.63, 3.8) is 0 Å². The predicted octanol–water partition coefficient (Wildman–Crippen LogP) is 3.01. The highest BCUT2D eigenvalue weighted by atomic mass is 127. The summed E-state index contributed by atoms with van der Waals surface area (Å²) in [4.78, 5) is 16.4. The molecule has 1 aliphatic rings. The van der Waals surface area contributed by atoms with Gasteiger partial charge >= 0.3 is 6.18 Å². The van der Waals surface area contributed by atoms with E-state index in [4.69, 9.17) is 0 Å². The van der Waals surface area contributed by atoms with Gasteiger partial charge in [-0.05, 0) is 45.8 Å². The van der Waals surface area contributed by atoms with Gasteiger partial charge in [-0.1, -0.05) is 0 Å². The van der Waals surface area contributed by atoms with Crippen molar-refractivity contribution in [1.82, 2.24) is 19.6 Å². The number of hydrogen-bond acceptors (Lipinski definition) is 3. The molecule has 0 spiro atoms. The molecule has 0 aliphatic carbocycles. The van der Waals surface area contributed by atoms with Gasteiger partial charge in [0.2, 0.25) is 0 Å². The molecule has 5 nitrogen and oxygen atoms in total.